The number of anilines is 2. The Balaban J connectivity index is 2.20. The summed E-state index contributed by atoms with van der Waals surface area (Å²) in [5.41, 5.74) is 0. The lowest BCUT2D eigenvalue weighted by molar-refractivity contribution is 0.340. The van der Waals surface area contributed by atoms with Crippen LogP contribution in [0.15, 0.2) is 6.07 Å². The maximum Gasteiger partial charge on any atom is 0.149 e. The topological polar surface area (TPSA) is 28.2 Å². The molecule has 1 aromatic heterocycles. The predicted octanol–water partition coefficient (Wildman–Crippen LogP) is 4.84. The zero-order chi connectivity index (χ0) is 14.7. The second kappa shape index (κ2) is 6.86. The number of hydrogen-bond acceptors (Lipinski definition) is 3. The van der Waals surface area contributed by atoms with Crippen molar-refractivity contribution in [2.24, 2.45) is 5.92 Å². The van der Waals surface area contributed by atoms with Crippen LogP contribution in [0.1, 0.15) is 39.5 Å². The van der Waals surface area contributed by atoms with Crippen molar-refractivity contribution in [2.75, 3.05) is 23.8 Å². The van der Waals surface area contributed by atoms with E-state index in [0.717, 1.165) is 18.3 Å². The first-order chi connectivity index (χ1) is 9.52. The van der Waals surface area contributed by atoms with E-state index < -0.39 is 0 Å². The van der Waals surface area contributed by atoms with Crippen LogP contribution in [0.2, 0.25) is 10.0 Å². The minimum absolute atomic E-state index is 0.520. The summed E-state index contributed by atoms with van der Waals surface area (Å²) >= 11 is 12.5. The molecule has 0 bridgehead atoms. The summed E-state index contributed by atoms with van der Waals surface area (Å²) in [7, 11) is 2.08. The highest BCUT2D eigenvalue weighted by atomic mass is 35.5. The van der Waals surface area contributed by atoms with Gasteiger partial charge in [-0.2, -0.15) is 0 Å². The average molecular weight is 316 g/mol. The van der Waals surface area contributed by atoms with Crippen molar-refractivity contribution < 1.29 is 0 Å². The van der Waals surface area contributed by atoms with Crippen molar-refractivity contribution in [2.45, 2.75) is 45.6 Å². The van der Waals surface area contributed by atoms with Gasteiger partial charge in [0.1, 0.15) is 11.6 Å². The first-order valence-electron chi connectivity index (χ1n) is 7.35. The van der Waals surface area contributed by atoms with Crippen LogP contribution < -0.4 is 10.2 Å². The van der Waals surface area contributed by atoms with Crippen molar-refractivity contribution in [1.29, 1.82) is 0 Å². The van der Waals surface area contributed by atoms with E-state index in [4.69, 9.17) is 23.2 Å². The summed E-state index contributed by atoms with van der Waals surface area (Å²) in [6, 6.07) is 2.30. The van der Waals surface area contributed by atoms with Crippen LogP contribution in [0.25, 0.3) is 0 Å². The number of halogens is 2. The van der Waals surface area contributed by atoms with Gasteiger partial charge in [0.25, 0.3) is 0 Å². The number of pyridine rings is 1. The molecule has 1 aromatic rings. The smallest absolute Gasteiger partial charge is 0.149 e. The Kier molecular flexibility index (Phi) is 5.39. The minimum Gasteiger partial charge on any atom is -0.369 e. The first kappa shape index (κ1) is 15.7. The van der Waals surface area contributed by atoms with E-state index in [1.165, 1.54) is 25.7 Å². The second-order valence-electron chi connectivity index (χ2n) is 5.68. The van der Waals surface area contributed by atoms with Gasteiger partial charge < -0.3 is 10.2 Å². The van der Waals surface area contributed by atoms with Gasteiger partial charge in [-0.3, -0.25) is 0 Å². The largest absolute Gasteiger partial charge is 0.369 e. The molecular formula is C15H23Cl2N3. The Hall–Kier alpha value is -0.670. The van der Waals surface area contributed by atoms with Crippen molar-refractivity contribution in [3.63, 3.8) is 0 Å². The van der Waals surface area contributed by atoms with Gasteiger partial charge in [-0.05, 0) is 44.6 Å². The fraction of sp³-hybridized carbons (Fsp3) is 0.667. The van der Waals surface area contributed by atoms with Gasteiger partial charge in [0.2, 0.25) is 0 Å². The molecule has 0 saturated heterocycles. The van der Waals surface area contributed by atoms with E-state index in [1.54, 1.807) is 6.07 Å². The molecule has 5 heteroatoms. The summed E-state index contributed by atoms with van der Waals surface area (Å²) in [5.74, 6) is 2.38. The third-order valence-electron chi connectivity index (χ3n) is 4.12. The molecule has 0 spiro atoms. The number of nitrogens with one attached hydrogen (secondary N) is 1. The molecule has 0 atom stereocenters. The molecule has 0 aromatic carbocycles. The van der Waals surface area contributed by atoms with Gasteiger partial charge in [-0.15, -0.1) is 0 Å². The number of rotatable bonds is 4. The highest BCUT2D eigenvalue weighted by molar-refractivity contribution is 6.37. The minimum atomic E-state index is 0.520. The van der Waals surface area contributed by atoms with E-state index in [2.05, 4.69) is 29.2 Å². The molecule has 1 heterocycles. The zero-order valence-corrected chi connectivity index (χ0v) is 13.9. The van der Waals surface area contributed by atoms with Crippen molar-refractivity contribution in [1.82, 2.24) is 4.98 Å². The lowest BCUT2D eigenvalue weighted by Crippen LogP contribution is -2.35. The Labute approximate surface area is 131 Å². The van der Waals surface area contributed by atoms with E-state index in [0.29, 0.717) is 21.9 Å². The Morgan fingerprint density at radius 3 is 2.50 bits per heavy atom. The number of aromatic nitrogens is 1. The van der Waals surface area contributed by atoms with Crippen LogP contribution in [-0.4, -0.2) is 24.6 Å². The van der Waals surface area contributed by atoms with Crippen molar-refractivity contribution in [3.8, 4) is 0 Å². The van der Waals surface area contributed by atoms with E-state index in [-0.39, 0.29) is 0 Å². The van der Waals surface area contributed by atoms with Crippen LogP contribution in [0, 0.1) is 5.92 Å². The summed E-state index contributed by atoms with van der Waals surface area (Å²) < 4.78 is 0. The molecule has 0 aliphatic heterocycles. The lowest BCUT2D eigenvalue weighted by atomic mass is 9.87. The molecular weight excluding hydrogens is 293 g/mol. The Morgan fingerprint density at radius 1 is 1.25 bits per heavy atom. The fourth-order valence-corrected chi connectivity index (χ4v) is 3.36. The summed E-state index contributed by atoms with van der Waals surface area (Å²) in [4.78, 5) is 6.82. The van der Waals surface area contributed by atoms with Gasteiger partial charge in [-0.1, -0.05) is 30.1 Å². The summed E-state index contributed by atoms with van der Waals surface area (Å²) in [6.45, 7) is 5.14. The normalized spacial score (nSPS) is 22.6. The van der Waals surface area contributed by atoms with E-state index in [9.17, 15) is 0 Å². The molecule has 1 aliphatic carbocycles. The zero-order valence-electron chi connectivity index (χ0n) is 12.4. The monoisotopic (exact) mass is 315 g/mol. The lowest BCUT2D eigenvalue weighted by Gasteiger charge is -2.35. The van der Waals surface area contributed by atoms with Gasteiger partial charge in [0, 0.05) is 19.6 Å². The molecule has 1 saturated carbocycles. The van der Waals surface area contributed by atoms with Crippen LogP contribution in [-0.2, 0) is 0 Å². The highest BCUT2D eigenvalue weighted by Gasteiger charge is 2.24. The molecule has 0 radical (unpaired) electrons. The molecule has 0 unspecified atom stereocenters. The first-order valence-corrected chi connectivity index (χ1v) is 8.11. The molecule has 2 rings (SSSR count). The van der Waals surface area contributed by atoms with Gasteiger partial charge in [0.15, 0.2) is 0 Å². The molecule has 112 valence electrons. The second-order valence-corrected chi connectivity index (χ2v) is 6.49. The summed E-state index contributed by atoms with van der Waals surface area (Å²) in [6.07, 6.45) is 4.96. The number of hydrogen-bond donors (Lipinski definition) is 1. The van der Waals surface area contributed by atoms with Crippen LogP contribution in [0.3, 0.4) is 0 Å². The van der Waals surface area contributed by atoms with Gasteiger partial charge >= 0.3 is 0 Å². The number of nitrogens with zero attached hydrogens (tertiary/aromatic N) is 2. The SMILES string of the molecule is CCNc1nc(N(C)C2CCC(C)CC2)c(Cl)cc1Cl. The van der Waals surface area contributed by atoms with Crippen LogP contribution in [0.5, 0.6) is 0 Å². The van der Waals surface area contributed by atoms with E-state index in [1.807, 2.05) is 6.92 Å². The van der Waals surface area contributed by atoms with Gasteiger partial charge in [0.05, 0.1) is 10.0 Å². The van der Waals surface area contributed by atoms with Gasteiger partial charge in [-0.25, -0.2) is 4.98 Å². The maximum absolute atomic E-state index is 6.33. The molecule has 1 aliphatic rings. The molecule has 1 N–H and O–H groups in total. The van der Waals surface area contributed by atoms with Crippen LogP contribution >= 0.6 is 23.2 Å². The van der Waals surface area contributed by atoms with Crippen molar-refractivity contribution >= 4 is 34.8 Å². The Bertz CT molecular complexity index is 457. The predicted molar refractivity (Wildman–Crippen MR) is 88.2 cm³/mol. The third kappa shape index (κ3) is 3.50. The van der Waals surface area contributed by atoms with Crippen molar-refractivity contribution in [3.05, 3.63) is 16.1 Å². The quantitative estimate of drug-likeness (QED) is 0.862. The highest BCUT2D eigenvalue weighted by Crippen LogP contribution is 2.35. The fourth-order valence-electron chi connectivity index (χ4n) is 2.80. The van der Waals surface area contributed by atoms with Crippen LogP contribution in [0.4, 0.5) is 11.6 Å². The molecule has 0 amide bonds. The summed E-state index contributed by atoms with van der Waals surface area (Å²) in [5, 5.41) is 4.38. The molecule has 3 nitrogen and oxygen atoms in total. The van der Waals surface area contributed by atoms with E-state index >= 15 is 0 Å². The molecule has 20 heavy (non-hydrogen) atoms. The third-order valence-corrected chi connectivity index (χ3v) is 4.69. The standard InChI is InChI=1S/C15H23Cl2N3/c1-4-18-14-12(16)9-13(17)15(19-14)20(3)11-7-5-10(2)6-8-11/h9-11H,4-8H2,1-3H3,(H,18,19). The average Bonchev–Trinajstić information content (AvgIpc) is 2.42. The molecule has 1 fully saturated rings. The maximum atomic E-state index is 6.33. The Morgan fingerprint density at radius 2 is 1.90 bits per heavy atom.